The molecule has 2 nitrogen and oxygen atoms in total. The quantitative estimate of drug-likeness (QED) is 0.452. The van der Waals surface area contributed by atoms with E-state index in [1.165, 1.54) is 44.9 Å². The molecule has 0 aliphatic heterocycles. The zero-order valence-corrected chi connectivity index (χ0v) is 12.4. The third-order valence-electron chi connectivity index (χ3n) is 3.59. The number of hydrogen-bond donors (Lipinski definition) is 2. The minimum atomic E-state index is -0.0882. The largest absolute Gasteiger partial charge is 0.396 e. The maximum atomic E-state index is 9.80. The monoisotopic (exact) mass is 258 g/mol. The predicted octanol–water partition coefficient (Wildman–Crippen LogP) is 4.43. The summed E-state index contributed by atoms with van der Waals surface area (Å²) in [5.41, 5.74) is 0. The molecule has 0 spiro atoms. The molecular weight excluding hydrogens is 224 g/mol. The van der Waals surface area contributed by atoms with E-state index in [2.05, 4.69) is 6.92 Å². The molecule has 18 heavy (non-hydrogen) atoms. The third-order valence-corrected chi connectivity index (χ3v) is 3.59. The van der Waals surface area contributed by atoms with Crippen LogP contribution in [0, 0.1) is 0 Å². The lowest BCUT2D eigenvalue weighted by atomic mass is 10.0. The van der Waals surface area contributed by atoms with Crippen molar-refractivity contribution >= 4 is 0 Å². The van der Waals surface area contributed by atoms with Gasteiger partial charge in [-0.2, -0.15) is 0 Å². The number of unbranched alkanes of at least 4 members (excludes halogenated alkanes) is 9. The van der Waals surface area contributed by atoms with E-state index in [9.17, 15) is 5.11 Å². The minimum absolute atomic E-state index is 0.0882. The van der Waals surface area contributed by atoms with Crippen molar-refractivity contribution in [3.05, 3.63) is 0 Å². The van der Waals surface area contributed by atoms with E-state index in [-0.39, 0.29) is 6.10 Å². The summed E-state index contributed by atoms with van der Waals surface area (Å²) < 4.78 is 0. The van der Waals surface area contributed by atoms with Crippen molar-refractivity contribution in [1.29, 1.82) is 0 Å². The van der Waals surface area contributed by atoms with Gasteiger partial charge in [-0.25, -0.2) is 0 Å². The summed E-state index contributed by atoms with van der Waals surface area (Å²) in [4.78, 5) is 0. The summed E-state index contributed by atoms with van der Waals surface area (Å²) in [5.74, 6) is 0. The second kappa shape index (κ2) is 15.0. The van der Waals surface area contributed by atoms with Crippen LogP contribution in [0.2, 0.25) is 0 Å². The molecule has 2 N–H and O–H groups in total. The second-order valence-corrected chi connectivity index (χ2v) is 5.49. The van der Waals surface area contributed by atoms with Crippen LogP contribution in [0.25, 0.3) is 0 Å². The van der Waals surface area contributed by atoms with Crippen molar-refractivity contribution in [2.24, 2.45) is 0 Å². The van der Waals surface area contributed by atoms with Gasteiger partial charge in [0.05, 0.1) is 6.10 Å². The van der Waals surface area contributed by atoms with Crippen LogP contribution in [-0.4, -0.2) is 22.9 Å². The van der Waals surface area contributed by atoms with Crippen LogP contribution in [0.5, 0.6) is 0 Å². The van der Waals surface area contributed by atoms with Crippen molar-refractivity contribution in [1.82, 2.24) is 0 Å². The highest BCUT2D eigenvalue weighted by atomic mass is 16.3. The molecule has 0 unspecified atom stereocenters. The Morgan fingerprint density at radius 1 is 0.667 bits per heavy atom. The molecule has 0 aliphatic rings. The van der Waals surface area contributed by atoms with Crippen LogP contribution in [-0.2, 0) is 0 Å². The van der Waals surface area contributed by atoms with Crippen LogP contribution >= 0.6 is 0 Å². The molecule has 0 saturated carbocycles. The molecule has 1 atom stereocenters. The molecule has 0 fully saturated rings. The van der Waals surface area contributed by atoms with Gasteiger partial charge in [-0.3, -0.25) is 0 Å². The fourth-order valence-electron chi connectivity index (χ4n) is 2.33. The second-order valence-electron chi connectivity index (χ2n) is 5.49. The molecular formula is C16H34O2. The van der Waals surface area contributed by atoms with Crippen LogP contribution < -0.4 is 0 Å². The van der Waals surface area contributed by atoms with Gasteiger partial charge in [0, 0.05) is 6.61 Å². The molecule has 0 amide bonds. The summed E-state index contributed by atoms with van der Waals surface area (Å²) in [6, 6.07) is 0. The van der Waals surface area contributed by atoms with Crippen molar-refractivity contribution < 1.29 is 10.2 Å². The first-order chi connectivity index (χ1) is 8.81. The molecule has 0 radical (unpaired) electrons. The van der Waals surface area contributed by atoms with Crippen molar-refractivity contribution in [2.75, 3.05) is 6.61 Å². The van der Waals surface area contributed by atoms with Gasteiger partial charge in [-0.05, 0) is 19.3 Å². The van der Waals surface area contributed by atoms with Crippen molar-refractivity contribution in [2.45, 2.75) is 96.5 Å². The number of hydrogen-bond acceptors (Lipinski definition) is 2. The van der Waals surface area contributed by atoms with Crippen molar-refractivity contribution in [3.8, 4) is 0 Å². The zero-order chi connectivity index (χ0) is 13.5. The van der Waals surface area contributed by atoms with Crippen LogP contribution in [0.4, 0.5) is 0 Å². The summed E-state index contributed by atoms with van der Waals surface area (Å²) in [5, 5.41) is 18.4. The highest BCUT2D eigenvalue weighted by molar-refractivity contribution is 4.57. The first-order valence-electron chi connectivity index (χ1n) is 8.10. The van der Waals surface area contributed by atoms with Gasteiger partial charge >= 0.3 is 0 Å². The van der Waals surface area contributed by atoms with Gasteiger partial charge in [0.1, 0.15) is 0 Å². The Balaban J connectivity index is 3.09. The molecule has 0 saturated heterocycles. The Labute approximate surface area is 114 Å². The Kier molecular flexibility index (Phi) is 14.9. The molecule has 2 heteroatoms. The minimum Gasteiger partial charge on any atom is -0.396 e. The van der Waals surface area contributed by atoms with E-state index >= 15 is 0 Å². The van der Waals surface area contributed by atoms with Crippen LogP contribution in [0.1, 0.15) is 90.4 Å². The van der Waals surface area contributed by atoms with Crippen LogP contribution in [0.3, 0.4) is 0 Å². The lowest BCUT2D eigenvalue weighted by molar-refractivity contribution is 0.147. The first-order valence-corrected chi connectivity index (χ1v) is 8.10. The highest BCUT2D eigenvalue weighted by Gasteiger charge is 2.03. The molecule has 0 aromatic rings. The highest BCUT2D eigenvalue weighted by Crippen LogP contribution is 2.13. The van der Waals surface area contributed by atoms with E-state index in [0.29, 0.717) is 6.61 Å². The van der Waals surface area contributed by atoms with Crippen LogP contribution in [0.15, 0.2) is 0 Å². The summed E-state index contributed by atoms with van der Waals surface area (Å²) >= 11 is 0. The van der Waals surface area contributed by atoms with Gasteiger partial charge in [0.2, 0.25) is 0 Å². The lowest BCUT2D eigenvalue weighted by Gasteiger charge is -2.10. The molecule has 0 aromatic carbocycles. The normalized spacial score (nSPS) is 12.8. The predicted molar refractivity (Wildman–Crippen MR) is 78.8 cm³/mol. The zero-order valence-electron chi connectivity index (χ0n) is 12.4. The van der Waals surface area contributed by atoms with E-state index in [1.54, 1.807) is 0 Å². The molecule has 110 valence electrons. The van der Waals surface area contributed by atoms with E-state index in [0.717, 1.165) is 38.5 Å². The smallest absolute Gasteiger partial charge is 0.0540 e. The number of rotatable bonds is 14. The third kappa shape index (κ3) is 14.0. The van der Waals surface area contributed by atoms with Gasteiger partial charge in [0.15, 0.2) is 0 Å². The topological polar surface area (TPSA) is 40.5 Å². The van der Waals surface area contributed by atoms with E-state index < -0.39 is 0 Å². The van der Waals surface area contributed by atoms with E-state index in [4.69, 9.17) is 5.11 Å². The number of aliphatic hydroxyl groups is 2. The number of aliphatic hydroxyl groups excluding tert-OH is 2. The van der Waals surface area contributed by atoms with Gasteiger partial charge < -0.3 is 10.2 Å². The average molecular weight is 258 g/mol. The maximum Gasteiger partial charge on any atom is 0.0540 e. The molecule has 0 aromatic heterocycles. The van der Waals surface area contributed by atoms with Gasteiger partial charge in [-0.15, -0.1) is 0 Å². The Morgan fingerprint density at radius 3 is 1.61 bits per heavy atom. The molecule has 0 aliphatic carbocycles. The van der Waals surface area contributed by atoms with Gasteiger partial charge in [-0.1, -0.05) is 71.1 Å². The summed E-state index contributed by atoms with van der Waals surface area (Å²) in [7, 11) is 0. The fourth-order valence-corrected chi connectivity index (χ4v) is 2.33. The summed E-state index contributed by atoms with van der Waals surface area (Å²) in [6.07, 6.45) is 15.3. The Hall–Kier alpha value is -0.0800. The van der Waals surface area contributed by atoms with E-state index in [1.807, 2.05) is 0 Å². The summed E-state index contributed by atoms with van der Waals surface area (Å²) in [6.45, 7) is 2.55. The fraction of sp³-hybridized carbons (Fsp3) is 1.00. The van der Waals surface area contributed by atoms with Crippen molar-refractivity contribution in [3.63, 3.8) is 0 Å². The SMILES string of the molecule is CCCCCCCCC[C@H](O)CCCCCCO. The molecule has 0 bridgehead atoms. The molecule has 0 heterocycles. The Bertz CT molecular complexity index is 148. The van der Waals surface area contributed by atoms with Gasteiger partial charge in [0.25, 0.3) is 0 Å². The first kappa shape index (κ1) is 17.9. The average Bonchev–Trinajstić information content (AvgIpc) is 2.37. The molecule has 0 rings (SSSR count). The Morgan fingerprint density at radius 2 is 1.11 bits per heavy atom. The standard InChI is InChI=1S/C16H34O2/c1-2-3-4-5-6-7-10-13-16(18)14-11-8-9-12-15-17/h16-18H,2-15H2,1H3/t16-/m0/s1. The maximum absolute atomic E-state index is 9.80. The lowest BCUT2D eigenvalue weighted by Crippen LogP contribution is -2.06.